The van der Waals surface area contributed by atoms with Crippen LogP contribution in [-0.4, -0.2) is 27.6 Å². The zero-order chi connectivity index (χ0) is 25.6. The predicted octanol–water partition coefficient (Wildman–Crippen LogP) is 5.73. The van der Waals surface area contributed by atoms with Gasteiger partial charge >= 0.3 is 0 Å². The number of hydrogen-bond donors (Lipinski definition) is 1. The van der Waals surface area contributed by atoms with E-state index < -0.39 is 0 Å². The van der Waals surface area contributed by atoms with Crippen molar-refractivity contribution in [1.82, 2.24) is 14.3 Å². The fourth-order valence-electron chi connectivity index (χ4n) is 4.42. The molecular formula is C28H27ClN4O3. The molecule has 0 saturated heterocycles. The summed E-state index contributed by atoms with van der Waals surface area (Å²) in [4.78, 5) is 14.0. The van der Waals surface area contributed by atoms with Crippen molar-refractivity contribution in [3.05, 3.63) is 87.2 Å². The summed E-state index contributed by atoms with van der Waals surface area (Å²) in [6, 6.07) is 18.9. The number of aryl methyl sites for hydroxylation is 1. The molecule has 0 unspecified atom stereocenters. The largest absolute Gasteiger partial charge is 0.497 e. The van der Waals surface area contributed by atoms with E-state index in [0.29, 0.717) is 33.7 Å². The predicted molar refractivity (Wildman–Crippen MR) is 145 cm³/mol. The molecule has 7 nitrogen and oxygen atoms in total. The Labute approximate surface area is 213 Å². The Morgan fingerprint density at radius 2 is 1.75 bits per heavy atom. The van der Waals surface area contributed by atoms with E-state index in [4.69, 9.17) is 31.9 Å². The molecule has 3 aromatic carbocycles. The summed E-state index contributed by atoms with van der Waals surface area (Å²) < 4.78 is 14.5. The lowest BCUT2D eigenvalue weighted by atomic mass is 10.1. The molecule has 0 fully saturated rings. The molecule has 2 heterocycles. The fraction of sp³-hybridized carbons (Fsp3) is 0.214. The number of pyridine rings is 1. The second-order valence-electron chi connectivity index (χ2n) is 9.04. The number of ether oxygens (including phenoxy) is 2. The molecule has 0 aliphatic heterocycles. The third kappa shape index (κ3) is 4.16. The van der Waals surface area contributed by atoms with Crippen LogP contribution in [0.4, 0.5) is 5.82 Å². The second-order valence-corrected chi connectivity index (χ2v) is 9.47. The van der Waals surface area contributed by atoms with Gasteiger partial charge in [-0.1, -0.05) is 29.8 Å². The number of nitrogens with zero attached hydrogens (tertiary/aromatic N) is 3. The lowest BCUT2D eigenvalue weighted by Crippen LogP contribution is -2.22. The van der Waals surface area contributed by atoms with E-state index in [9.17, 15) is 4.79 Å². The summed E-state index contributed by atoms with van der Waals surface area (Å²) in [6.45, 7) is 6.23. The van der Waals surface area contributed by atoms with Gasteiger partial charge in [-0.25, -0.2) is 4.68 Å². The molecular weight excluding hydrogens is 476 g/mol. The van der Waals surface area contributed by atoms with Crippen molar-refractivity contribution in [1.29, 1.82) is 0 Å². The topological polar surface area (TPSA) is 84.3 Å². The minimum Gasteiger partial charge on any atom is -0.497 e. The minimum absolute atomic E-state index is 0.00593. The SMILES string of the molecule is COc1ccc(Cn2c(=O)c3c(N)n(-c4cc(Cl)ccc4C)nc3c3ccc(OC(C)C)cc32)cc1. The molecule has 2 N–H and O–H groups in total. The molecule has 8 heteroatoms. The molecule has 36 heavy (non-hydrogen) atoms. The van der Waals surface area contributed by atoms with E-state index in [2.05, 4.69) is 0 Å². The number of fused-ring (bicyclic) bond motifs is 3. The van der Waals surface area contributed by atoms with E-state index in [1.807, 2.05) is 75.4 Å². The number of halogens is 1. The smallest absolute Gasteiger partial charge is 0.264 e. The van der Waals surface area contributed by atoms with Crippen molar-refractivity contribution in [3.8, 4) is 17.2 Å². The summed E-state index contributed by atoms with van der Waals surface area (Å²) in [7, 11) is 1.62. The maximum atomic E-state index is 14.0. The third-order valence-corrected chi connectivity index (χ3v) is 6.40. The van der Waals surface area contributed by atoms with Gasteiger partial charge < -0.3 is 19.8 Å². The van der Waals surface area contributed by atoms with Crippen LogP contribution in [0.25, 0.3) is 27.5 Å². The fourth-order valence-corrected chi connectivity index (χ4v) is 4.59. The summed E-state index contributed by atoms with van der Waals surface area (Å²) in [5, 5.41) is 6.53. The van der Waals surface area contributed by atoms with Crippen molar-refractivity contribution in [2.75, 3.05) is 12.8 Å². The highest BCUT2D eigenvalue weighted by Crippen LogP contribution is 2.32. The Bertz CT molecular complexity index is 1650. The number of nitrogen functional groups attached to an aromatic ring is 1. The Kier molecular flexibility index (Phi) is 6.10. The highest BCUT2D eigenvalue weighted by molar-refractivity contribution is 6.30. The normalized spacial score (nSPS) is 11.5. The number of benzene rings is 3. The summed E-state index contributed by atoms with van der Waals surface area (Å²) in [6.07, 6.45) is -0.00593. The average Bonchev–Trinajstić information content (AvgIpc) is 3.20. The van der Waals surface area contributed by atoms with Crippen molar-refractivity contribution < 1.29 is 9.47 Å². The highest BCUT2D eigenvalue weighted by Gasteiger charge is 2.21. The monoisotopic (exact) mass is 502 g/mol. The average molecular weight is 503 g/mol. The van der Waals surface area contributed by atoms with Gasteiger partial charge in [0.1, 0.15) is 28.2 Å². The van der Waals surface area contributed by atoms with E-state index >= 15 is 0 Å². The van der Waals surface area contributed by atoms with E-state index in [-0.39, 0.29) is 17.5 Å². The van der Waals surface area contributed by atoms with Crippen LogP contribution in [0.5, 0.6) is 11.5 Å². The van der Waals surface area contributed by atoms with Crippen molar-refractivity contribution in [2.45, 2.75) is 33.4 Å². The van der Waals surface area contributed by atoms with E-state index in [1.54, 1.807) is 22.4 Å². The van der Waals surface area contributed by atoms with Crippen molar-refractivity contribution >= 4 is 39.2 Å². The molecule has 0 saturated carbocycles. The van der Waals surface area contributed by atoms with Gasteiger partial charge in [-0.05, 0) is 68.3 Å². The maximum Gasteiger partial charge on any atom is 0.264 e. The van der Waals surface area contributed by atoms with Crippen molar-refractivity contribution in [2.24, 2.45) is 0 Å². The number of aromatic nitrogens is 3. The first-order valence-corrected chi connectivity index (χ1v) is 12.1. The van der Waals surface area contributed by atoms with Crippen LogP contribution < -0.4 is 20.8 Å². The molecule has 0 radical (unpaired) electrons. The first-order valence-electron chi connectivity index (χ1n) is 11.7. The molecule has 184 valence electrons. The van der Waals surface area contributed by atoms with Crippen LogP contribution in [0.3, 0.4) is 0 Å². The van der Waals surface area contributed by atoms with Gasteiger partial charge in [-0.2, -0.15) is 5.10 Å². The van der Waals surface area contributed by atoms with Crippen LogP contribution in [0.1, 0.15) is 25.0 Å². The quantitative estimate of drug-likeness (QED) is 0.320. The zero-order valence-corrected chi connectivity index (χ0v) is 21.3. The highest BCUT2D eigenvalue weighted by atomic mass is 35.5. The van der Waals surface area contributed by atoms with Crippen LogP contribution in [0, 0.1) is 6.92 Å². The zero-order valence-electron chi connectivity index (χ0n) is 20.6. The van der Waals surface area contributed by atoms with E-state index in [0.717, 1.165) is 28.0 Å². The van der Waals surface area contributed by atoms with Crippen molar-refractivity contribution in [3.63, 3.8) is 0 Å². The molecule has 0 bridgehead atoms. The van der Waals surface area contributed by atoms with Gasteiger partial charge in [0.05, 0.1) is 31.0 Å². The molecule has 0 amide bonds. The standard InChI is InChI=1S/C28H27ClN4O3/c1-16(2)36-21-11-12-22-24(14-21)32(15-18-6-9-20(35-4)10-7-18)28(34)25-26(22)31-33(27(25)30)23-13-19(29)8-5-17(23)3/h5-14,16H,15,30H2,1-4H3. The molecule has 0 spiro atoms. The van der Waals surface area contributed by atoms with Gasteiger partial charge in [0.25, 0.3) is 5.56 Å². The van der Waals surface area contributed by atoms with Crippen LogP contribution in [0.2, 0.25) is 5.02 Å². The maximum absolute atomic E-state index is 14.0. The van der Waals surface area contributed by atoms with Crippen LogP contribution >= 0.6 is 11.6 Å². The van der Waals surface area contributed by atoms with Gasteiger partial charge in [0.15, 0.2) is 0 Å². The third-order valence-electron chi connectivity index (χ3n) is 6.17. The number of anilines is 1. The van der Waals surface area contributed by atoms with Gasteiger partial charge in [0.2, 0.25) is 0 Å². The molecule has 0 atom stereocenters. The molecule has 2 aromatic heterocycles. The van der Waals surface area contributed by atoms with Gasteiger partial charge in [-0.15, -0.1) is 0 Å². The lowest BCUT2D eigenvalue weighted by Gasteiger charge is -2.15. The van der Waals surface area contributed by atoms with Crippen LogP contribution in [-0.2, 0) is 6.54 Å². The first-order chi connectivity index (χ1) is 17.3. The molecule has 0 aliphatic carbocycles. The number of rotatable bonds is 6. The summed E-state index contributed by atoms with van der Waals surface area (Å²) in [5.74, 6) is 1.70. The lowest BCUT2D eigenvalue weighted by molar-refractivity contribution is 0.242. The first kappa shape index (κ1) is 23.8. The van der Waals surface area contributed by atoms with Crippen LogP contribution in [0.15, 0.2) is 65.5 Å². The summed E-state index contributed by atoms with van der Waals surface area (Å²) >= 11 is 6.27. The van der Waals surface area contributed by atoms with Gasteiger partial charge in [0, 0.05) is 16.5 Å². The Morgan fingerprint density at radius 1 is 1.03 bits per heavy atom. The Hall–Kier alpha value is -3.97. The Balaban J connectivity index is 1.80. The molecule has 0 aliphatic rings. The summed E-state index contributed by atoms with van der Waals surface area (Å²) in [5.41, 5.74) is 10.2. The minimum atomic E-state index is -0.224. The second kappa shape index (κ2) is 9.24. The molecule has 5 aromatic rings. The Morgan fingerprint density at radius 3 is 2.44 bits per heavy atom. The number of hydrogen-bond acceptors (Lipinski definition) is 5. The molecule has 5 rings (SSSR count). The number of nitrogens with two attached hydrogens (primary N) is 1. The van der Waals surface area contributed by atoms with Gasteiger partial charge in [-0.3, -0.25) is 4.79 Å². The van der Waals surface area contributed by atoms with E-state index in [1.165, 1.54) is 0 Å². The number of methoxy groups -OCH3 is 1.